The molecule has 0 bridgehead atoms. The molecule has 0 spiro atoms. The van der Waals surface area contributed by atoms with Crippen molar-refractivity contribution >= 4 is 96.1 Å². The van der Waals surface area contributed by atoms with E-state index in [1.165, 1.54) is 44.0 Å². The second kappa shape index (κ2) is 24.4. The van der Waals surface area contributed by atoms with Crippen molar-refractivity contribution < 1.29 is 0 Å². The first kappa shape index (κ1) is 58.6. The summed E-state index contributed by atoms with van der Waals surface area (Å²) in [5, 5.41) is 13.2. The lowest BCUT2D eigenvalue weighted by molar-refractivity contribution is 1.18. The summed E-state index contributed by atoms with van der Waals surface area (Å²) in [6.45, 7) is 4.17. The van der Waals surface area contributed by atoms with E-state index in [0.717, 1.165) is 129 Å². The molecular formula is C93H64BN5. The molecule has 0 N–H and O–H groups in total. The van der Waals surface area contributed by atoms with Gasteiger partial charge in [0.05, 0.1) is 39.7 Å². The number of aryl methyl sites for hydroxylation is 2. The molecule has 0 radical (unpaired) electrons. The highest BCUT2D eigenvalue weighted by Gasteiger charge is 2.45. The van der Waals surface area contributed by atoms with Crippen LogP contribution in [0.3, 0.4) is 0 Å². The third-order valence-corrected chi connectivity index (χ3v) is 20.2. The maximum Gasteiger partial charge on any atom is 0.252 e. The number of nitrogens with zero attached hydrogens (tertiary/aromatic N) is 5. The van der Waals surface area contributed by atoms with E-state index in [1.807, 2.05) is 6.07 Å². The molecular weight excluding hydrogens is 1200 g/mol. The topological polar surface area (TPSA) is 38.4 Å². The second-order valence-corrected chi connectivity index (χ2v) is 26.0. The molecule has 0 aliphatic carbocycles. The first-order chi connectivity index (χ1) is 48.9. The molecule has 2 aliphatic rings. The molecule has 0 atom stereocenters. The van der Waals surface area contributed by atoms with Gasteiger partial charge in [-0.05, 0) is 207 Å². The number of fused-ring (bicyclic) bond motifs is 7. The molecule has 3 heterocycles. The number of para-hydroxylation sites is 6. The van der Waals surface area contributed by atoms with E-state index < -0.39 is 0 Å². The lowest BCUT2D eigenvalue weighted by Gasteiger charge is -2.45. The van der Waals surface area contributed by atoms with Crippen LogP contribution in [0.2, 0.25) is 0 Å². The van der Waals surface area contributed by atoms with Gasteiger partial charge in [-0.15, -0.1) is 0 Å². The number of benzene rings is 15. The van der Waals surface area contributed by atoms with Gasteiger partial charge >= 0.3 is 0 Å². The van der Waals surface area contributed by atoms with E-state index in [0.29, 0.717) is 5.56 Å². The average molecular weight is 1260 g/mol. The van der Waals surface area contributed by atoms with Crippen molar-refractivity contribution in [3.63, 3.8) is 0 Å². The minimum absolute atomic E-state index is 0.276. The normalized spacial score (nSPS) is 12.1. The Labute approximate surface area is 578 Å². The SMILES string of the molecule is Cc1ccccc1-c1cc(-c2cc3c4c(c2)N(c2ccccc2-c2ccccc2)c2cc(N(c5ccccc5)c5ccccc5)ccc2B4c2ccc(-c4cc(C#N)ccc4-n4c5ccccc5c5ccccc54)cc2N3c2ccccc2-c2ccccc2)cc(-c2ccccc2C)c1. The highest BCUT2D eigenvalue weighted by molar-refractivity contribution is 7.00. The van der Waals surface area contributed by atoms with Crippen LogP contribution in [0.25, 0.3) is 94.3 Å². The third-order valence-electron chi connectivity index (χ3n) is 20.2. The van der Waals surface area contributed by atoms with Gasteiger partial charge in [0.25, 0.3) is 6.71 Å². The first-order valence-electron chi connectivity index (χ1n) is 34.0. The minimum Gasteiger partial charge on any atom is -0.311 e. The van der Waals surface area contributed by atoms with Crippen molar-refractivity contribution in [3.05, 3.63) is 369 Å². The van der Waals surface area contributed by atoms with Gasteiger partial charge < -0.3 is 19.3 Å². The van der Waals surface area contributed by atoms with Crippen LogP contribution in [0.1, 0.15) is 16.7 Å². The van der Waals surface area contributed by atoms with Crippen molar-refractivity contribution in [2.45, 2.75) is 13.8 Å². The van der Waals surface area contributed by atoms with Crippen LogP contribution in [-0.4, -0.2) is 11.3 Å². The van der Waals surface area contributed by atoms with Crippen molar-refractivity contribution in [1.29, 1.82) is 5.26 Å². The summed E-state index contributed by atoms with van der Waals surface area (Å²) in [4.78, 5) is 7.55. The summed E-state index contributed by atoms with van der Waals surface area (Å²) in [7, 11) is 0. The quantitative estimate of drug-likeness (QED) is 0.114. The number of aromatic nitrogens is 1. The predicted molar refractivity (Wildman–Crippen MR) is 416 cm³/mol. The molecule has 0 saturated heterocycles. The van der Waals surface area contributed by atoms with Crippen molar-refractivity contribution in [3.8, 4) is 78.5 Å². The fourth-order valence-corrected chi connectivity index (χ4v) is 15.7. The molecule has 0 amide bonds. The van der Waals surface area contributed by atoms with Gasteiger partial charge in [0.2, 0.25) is 0 Å². The summed E-state index contributed by atoms with van der Waals surface area (Å²) >= 11 is 0. The Balaban J connectivity index is 0.984. The Bertz CT molecular complexity index is 5720. The zero-order chi connectivity index (χ0) is 66.1. The van der Waals surface area contributed by atoms with Gasteiger partial charge in [-0.3, -0.25) is 0 Å². The lowest BCUT2D eigenvalue weighted by atomic mass is 9.33. The molecule has 16 aromatic rings. The largest absolute Gasteiger partial charge is 0.311 e. The molecule has 0 fully saturated rings. The summed E-state index contributed by atoms with van der Waals surface area (Å²) in [5.74, 6) is 0. The van der Waals surface area contributed by atoms with Crippen LogP contribution in [-0.2, 0) is 0 Å². The second-order valence-electron chi connectivity index (χ2n) is 26.0. The van der Waals surface area contributed by atoms with Gasteiger partial charge in [0, 0.05) is 67.3 Å². The molecule has 18 rings (SSSR count). The van der Waals surface area contributed by atoms with Gasteiger partial charge in [0.15, 0.2) is 0 Å². The van der Waals surface area contributed by atoms with Crippen LogP contribution >= 0.6 is 0 Å². The Morgan fingerprint density at radius 2 is 0.707 bits per heavy atom. The van der Waals surface area contributed by atoms with Crippen molar-refractivity contribution in [1.82, 2.24) is 4.57 Å². The molecule has 6 heteroatoms. The Morgan fingerprint density at radius 1 is 0.283 bits per heavy atom. The fourth-order valence-electron chi connectivity index (χ4n) is 15.7. The molecule has 1 aromatic heterocycles. The first-order valence-corrected chi connectivity index (χ1v) is 34.0. The molecule has 5 nitrogen and oxygen atoms in total. The Morgan fingerprint density at radius 3 is 1.23 bits per heavy atom. The molecule has 0 saturated carbocycles. The summed E-state index contributed by atoms with van der Waals surface area (Å²) in [6, 6.07) is 131. The Hall–Kier alpha value is -12.9. The zero-order valence-corrected chi connectivity index (χ0v) is 54.8. The predicted octanol–water partition coefficient (Wildman–Crippen LogP) is 22.8. The maximum atomic E-state index is 10.9. The highest BCUT2D eigenvalue weighted by Crippen LogP contribution is 2.52. The molecule has 0 unspecified atom stereocenters. The number of hydrogen-bond acceptors (Lipinski definition) is 4. The third kappa shape index (κ3) is 10.0. The van der Waals surface area contributed by atoms with Crippen LogP contribution < -0.4 is 31.1 Å². The fraction of sp³-hybridized carbons (Fsp3) is 0.0215. The lowest BCUT2D eigenvalue weighted by Crippen LogP contribution is -2.61. The minimum atomic E-state index is -0.276. The summed E-state index contributed by atoms with van der Waals surface area (Å²) in [6.07, 6.45) is 0. The maximum absolute atomic E-state index is 10.9. The number of rotatable bonds is 12. The number of nitriles is 1. The standard InChI is InChI=1S/C93H64BN5/c1-62-27-15-17-37-75(62)70-54-68(55-71(56-70)76-38-18-16-28-63(76)2)69-58-91-93-92(59-69)99(85-44-24-20-40-78(85)66-31-9-4-10-32-66)90-60-74(96(72-33-11-5-12-34-72)73-35-13-6-14-36-73)49-51-83(90)94(93)82-50-48-67(57-89(82)98(91)84-43-23-19-39-77(84)65-29-7-3-8-30-65)81-53-64(61-95)47-52-88(81)97-86-45-25-21-41-79(86)80-42-22-26-46-87(80)97/h3-60H,1-2H3. The van der Waals surface area contributed by atoms with Crippen molar-refractivity contribution in [2.75, 3.05) is 14.7 Å². The van der Waals surface area contributed by atoms with E-state index in [9.17, 15) is 5.26 Å². The smallest absolute Gasteiger partial charge is 0.252 e. The van der Waals surface area contributed by atoms with Crippen LogP contribution in [0.4, 0.5) is 51.2 Å². The molecule has 99 heavy (non-hydrogen) atoms. The van der Waals surface area contributed by atoms with Gasteiger partial charge in [-0.25, -0.2) is 0 Å². The molecule has 464 valence electrons. The van der Waals surface area contributed by atoms with E-state index in [-0.39, 0.29) is 6.71 Å². The van der Waals surface area contributed by atoms with E-state index >= 15 is 0 Å². The number of hydrogen-bond donors (Lipinski definition) is 0. The zero-order valence-electron chi connectivity index (χ0n) is 54.8. The van der Waals surface area contributed by atoms with Crippen LogP contribution in [0, 0.1) is 25.2 Å². The molecule has 15 aromatic carbocycles. The molecule has 2 aliphatic heterocycles. The van der Waals surface area contributed by atoms with E-state index in [2.05, 4.69) is 385 Å². The summed E-state index contributed by atoms with van der Waals surface area (Å²) in [5.41, 5.74) is 32.5. The van der Waals surface area contributed by atoms with Crippen LogP contribution in [0.15, 0.2) is 352 Å². The average Bonchev–Trinajstić information content (AvgIpc) is 1.19. The van der Waals surface area contributed by atoms with Crippen molar-refractivity contribution in [2.24, 2.45) is 0 Å². The van der Waals surface area contributed by atoms with Gasteiger partial charge in [0.1, 0.15) is 0 Å². The van der Waals surface area contributed by atoms with Gasteiger partial charge in [-0.2, -0.15) is 5.26 Å². The monoisotopic (exact) mass is 1260 g/mol. The van der Waals surface area contributed by atoms with E-state index in [4.69, 9.17) is 0 Å². The highest BCUT2D eigenvalue weighted by atomic mass is 15.2. The van der Waals surface area contributed by atoms with E-state index in [1.54, 1.807) is 0 Å². The Kier molecular flexibility index (Phi) is 14.4. The number of anilines is 9. The van der Waals surface area contributed by atoms with Gasteiger partial charge in [-0.1, -0.05) is 237 Å². The van der Waals surface area contributed by atoms with Crippen LogP contribution in [0.5, 0.6) is 0 Å². The summed E-state index contributed by atoms with van der Waals surface area (Å²) < 4.78 is 2.39.